The van der Waals surface area contributed by atoms with Crippen molar-refractivity contribution in [3.05, 3.63) is 158 Å². The zero-order valence-corrected chi connectivity index (χ0v) is 31.2. The molecule has 11 heteroatoms. The molecule has 10 nitrogen and oxygen atoms in total. The minimum atomic E-state index is 0.418. The van der Waals surface area contributed by atoms with Crippen LogP contribution >= 0.6 is 11.5 Å². The zero-order chi connectivity index (χ0) is 38.2. The Hall–Kier alpha value is -7.89. The number of benzene rings is 6. The van der Waals surface area contributed by atoms with Gasteiger partial charge < -0.3 is 0 Å². The Labute approximate surface area is 333 Å². The van der Waals surface area contributed by atoms with Gasteiger partial charge in [0.15, 0.2) is 5.82 Å². The van der Waals surface area contributed by atoms with Crippen molar-refractivity contribution in [3.8, 4) is 51.1 Å². The average molecular weight is 763 g/mol. The molecule has 0 saturated heterocycles. The van der Waals surface area contributed by atoms with Crippen LogP contribution in [0.3, 0.4) is 0 Å². The molecular formula is C47H26N10S. The molecule has 0 saturated carbocycles. The molecule has 6 aromatic carbocycles. The van der Waals surface area contributed by atoms with Gasteiger partial charge in [0.25, 0.3) is 0 Å². The van der Waals surface area contributed by atoms with Crippen LogP contribution in [0.2, 0.25) is 0 Å². The number of aromatic nitrogens is 10. The van der Waals surface area contributed by atoms with Crippen LogP contribution in [-0.2, 0) is 0 Å². The second kappa shape index (κ2) is 12.8. The fourth-order valence-electron chi connectivity index (χ4n) is 7.94. The number of rotatable bonds is 5. The van der Waals surface area contributed by atoms with Gasteiger partial charge in [-0.1, -0.05) is 102 Å². The van der Waals surface area contributed by atoms with E-state index in [1.165, 1.54) is 11.5 Å². The lowest BCUT2D eigenvalue weighted by molar-refractivity contribution is 0.826. The van der Waals surface area contributed by atoms with Crippen LogP contribution in [0.4, 0.5) is 0 Å². The van der Waals surface area contributed by atoms with Gasteiger partial charge in [-0.2, -0.15) is 4.37 Å². The Morgan fingerprint density at radius 1 is 0.483 bits per heavy atom. The Kier molecular flexibility index (Phi) is 7.16. The summed E-state index contributed by atoms with van der Waals surface area (Å²) in [6.45, 7) is 0. The van der Waals surface area contributed by atoms with E-state index in [2.05, 4.69) is 63.8 Å². The Balaban J connectivity index is 1.31. The molecule has 0 aliphatic rings. The summed E-state index contributed by atoms with van der Waals surface area (Å²) in [5.41, 5.74) is 9.60. The van der Waals surface area contributed by atoms with Gasteiger partial charge in [-0.3, -0.25) is 4.98 Å². The first kappa shape index (κ1) is 32.4. The standard InChI is InChI=1S/C47H26N10S/c1-4-14-30-27(11-1)23-24-48-44(30)45-41-37(50-47(51-45)38-25-29-13-3-7-17-34(29)52-53-38)26-32(43-31-15-5-10-20-40(31)58-55-43)46(57-39-19-9-8-18-35(39)54-56-57)42(41)36-22-21-28-12-2-6-16-33(28)49-36/h1-26H. The summed E-state index contributed by atoms with van der Waals surface area (Å²) in [6, 6.07) is 50.8. The van der Waals surface area contributed by atoms with Gasteiger partial charge in [0.1, 0.15) is 16.9 Å². The van der Waals surface area contributed by atoms with Crippen LogP contribution < -0.4 is 0 Å². The van der Waals surface area contributed by atoms with E-state index in [1.54, 1.807) is 0 Å². The second-order valence-corrected chi connectivity index (χ2v) is 14.8. The van der Waals surface area contributed by atoms with Crippen molar-refractivity contribution in [2.75, 3.05) is 0 Å². The first-order valence-corrected chi connectivity index (χ1v) is 19.5. The van der Waals surface area contributed by atoms with Crippen LogP contribution in [0.25, 0.3) is 116 Å². The maximum atomic E-state index is 5.41. The summed E-state index contributed by atoms with van der Waals surface area (Å²) in [6.07, 6.45) is 1.83. The second-order valence-electron chi connectivity index (χ2n) is 14.0. The van der Waals surface area contributed by atoms with E-state index >= 15 is 0 Å². The third kappa shape index (κ3) is 5.07. The SMILES string of the molecule is c1ccc2nnc(-c3nc(-c4nccc5ccccc45)c4c(-c5ccc6ccccc6n5)c(-n5nnc6ccccc65)c(-c5nsc6ccccc56)cc4n3)cc2c1. The maximum Gasteiger partial charge on any atom is 0.181 e. The number of hydrogen-bond acceptors (Lipinski definition) is 10. The Bertz CT molecular complexity index is 3610. The minimum Gasteiger partial charge on any atom is -0.254 e. The largest absolute Gasteiger partial charge is 0.254 e. The lowest BCUT2D eigenvalue weighted by Crippen LogP contribution is -2.07. The molecule has 6 aromatic heterocycles. The van der Waals surface area contributed by atoms with Crippen molar-refractivity contribution < 1.29 is 0 Å². The first-order chi connectivity index (χ1) is 28.7. The van der Waals surface area contributed by atoms with Gasteiger partial charge in [-0.15, -0.1) is 15.3 Å². The van der Waals surface area contributed by atoms with Crippen LogP contribution in [-0.4, -0.2) is 49.5 Å². The molecule has 12 rings (SSSR count). The van der Waals surface area contributed by atoms with Gasteiger partial charge in [-0.05, 0) is 71.5 Å². The normalized spacial score (nSPS) is 11.8. The molecule has 58 heavy (non-hydrogen) atoms. The highest BCUT2D eigenvalue weighted by molar-refractivity contribution is 7.13. The molecule has 6 heterocycles. The summed E-state index contributed by atoms with van der Waals surface area (Å²) >= 11 is 1.46. The number of para-hydroxylation sites is 2. The number of hydrogen-bond donors (Lipinski definition) is 0. The highest BCUT2D eigenvalue weighted by Crippen LogP contribution is 2.47. The van der Waals surface area contributed by atoms with Crippen LogP contribution in [0.15, 0.2) is 158 Å². The van der Waals surface area contributed by atoms with E-state index in [-0.39, 0.29) is 0 Å². The third-order valence-corrected chi connectivity index (χ3v) is 11.5. The summed E-state index contributed by atoms with van der Waals surface area (Å²) in [5.74, 6) is 0.418. The number of nitrogens with zero attached hydrogens (tertiary/aromatic N) is 10. The minimum absolute atomic E-state index is 0.418. The molecule has 0 unspecified atom stereocenters. The lowest BCUT2D eigenvalue weighted by Gasteiger charge is -2.20. The van der Waals surface area contributed by atoms with E-state index < -0.39 is 0 Å². The topological polar surface area (TPSA) is 121 Å². The predicted octanol–water partition coefficient (Wildman–Crippen LogP) is 10.7. The summed E-state index contributed by atoms with van der Waals surface area (Å²) in [4.78, 5) is 21.2. The molecule has 0 amide bonds. The molecule has 0 aliphatic heterocycles. The lowest BCUT2D eigenvalue weighted by atomic mass is 9.92. The van der Waals surface area contributed by atoms with Crippen molar-refractivity contribution in [2.24, 2.45) is 0 Å². The van der Waals surface area contributed by atoms with Crippen LogP contribution in [0.1, 0.15) is 0 Å². The number of pyridine rings is 2. The van der Waals surface area contributed by atoms with Crippen LogP contribution in [0.5, 0.6) is 0 Å². The van der Waals surface area contributed by atoms with Crippen LogP contribution in [0, 0.1) is 0 Å². The van der Waals surface area contributed by atoms with Crippen molar-refractivity contribution in [3.63, 3.8) is 0 Å². The molecule has 0 bridgehead atoms. The Morgan fingerprint density at radius 2 is 1.24 bits per heavy atom. The maximum absolute atomic E-state index is 5.41. The van der Waals surface area contributed by atoms with Gasteiger partial charge in [0, 0.05) is 44.3 Å². The molecule has 0 N–H and O–H groups in total. The molecule has 0 radical (unpaired) electrons. The van der Waals surface area contributed by atoms with Gasteiger partial charge in [0.2, 0.25) is 0 Å². The third-order valence-electron chi connectivity index (χ3n) is 10.6. The molecule has 0 spiro atoms. The molecule has 0 fully saturated rings. The van der Waals surface area contributed by atoms with Crippen molar-refractivity contribution in [1.29, 1.82) is 0 Å². The number of fused-ring (bicyclic) bond motifs is 6. The first-order valence-electron chi connectivity index (χ1n) is 18.7. The summed E-state index contributed by atoms with van der Waals surface area (Å²) < 4.78 is 8.10. The Morgan fingerprint density at radius 3 is 2.16 bits per heavy atom. The highest BCUT2D eigenvalue weighted by Gasteiger charge is 2.29. The summed E-state index contributed by atoms with van der Waals surface area (Å²) in [7, 11) is 0. The average Bonchev–Trinajstić information content (AvgIpc) is 3.92. The monoisotopic (exact) mass is 762 g/mol. The van der Waals surface area contributed by atoms with E-state index in [1.807, 2.05) is 114 Å². The van der Waals surface area contributed by atoms with E-state index in [0.29, 0.717) is 34.1 Å². The fraction of sp³-hybridized carbons (Fsp3) is 0. The smallest absolute Gasteiger partial charge is 0.181 e. The molecule has 12 aromatic rings. The molecule has 270 valence electrons. The van der Waals surface area contributed by atoms with Gasteiger partial charge in [-0.25, -0.2) is 19.6 Å². The molecular weight excluding hydrogens is 737 g/mol. The van der Waals surface area contributed by atoms with E-state index in [9.17, 15) is 0 Å². The van der Waals surface area contributed by atoms with Crippen molar-refractivity contribution in [2.45, 2.75) is 0 Å². The fourth-order valence-corrected chi connectivity index (χ4v) is 8.73. The van der Waals surface area contributed by atoms with Crippen molar-refractivity contribution >= 4 is 76.1 Å². The molecule has 0 atom stereocenters. The quantitative estimate of drug-likeness (QED) is 0.169. The van der Waals surface area contributed by atoms with E-state index in [0.717, 1.165) is 81.6 Å². The predicted molar refractivity (Wildman–Crippen MR) is 231 cm³/mol. The summed E-state index contributed by atoms with van der Waals surface area (Å²) in [5, 5.41) is 24.5. The van der Waals surface area contributed by atoms with Gasteiger partial charge >= 0.3 is 0 Å². The van der Waals surface area contributed by atoms with Gasteiger partial charge in [0.05, 0.1) is 49.5 Å². The van der Waals surface area contributed by atoms with Crippen molar-refractivity contribution in [1.82, 2.24) is 49.5 Å². The zero-order valence-electron chi connectivity index (χ0n) is 30.4. The highest BCUT2D eigenvalue weighted by atomic mass is 32.1. The van der Waals surface area contributed by atoms with E-state index in [4.69, 9.17) is 29.5 Å². The molecule has 0 aliphatic carbocycles.